The van der Waals surface area contributed by atoms with Crippen molar-refractivity contribution < 1.29 is 9.47 Å². The lowest BCUT2D eigenvalue weighted by Crippen LogP contribution is -2.31. The molecule has 0 fully saturated rings. The molecule has 0 amide bonds. The largest absolute Gasteiger partial charge is 0.485 e. The molecule has 0 saturated heterocycles. The average molecular weight is 230 g/mol. The van der Waals surface area contributed by atoms with Gasteiger partial charge in [-0.05, 0) is 24.6 Å². The molecular weight excluding hydrogens is 214 g/mol. The molecule has 1 aromatic carbocycles. The molecule has 0 aromatic heterocycles. The summed E-state index contributed by atoms with van der Waals surface area (Å²) >= 11 is 5.99. The van der Waals surface area contributed by atoms with Crippen LogP contribution in [0.15, 0.2) is 18.2 Å². The molecule has 0 aliphatic heterocycles. The average Bonchev–Trinajstić information content (AvgIpc) is 2.22. The van der Waals surface area contributed by atoms with Crippen LogP contribution in [-0.2, 0) is 4.74 Å². The Morgan fingerprint density at radius 1 is 1.47 bits per heavy atom. The van der Waals surface area contributed by atoms with Gasteiger partial charge >= 0.3 is 0 Å². The zero-order valence-electron chi connectivity index (χ0n) is 9.00. The molecule has 0 heterocycles. The van der Waals surface area contributed by atoms with Gasteiger partial charge in [-0.2, -0.15) is 0 Å². The molecule has 1 unspecified atom stereocenters. The van der Waals surface area contributed by atoms with Crippen molar-refractivity contribution in [3.05, 3.63) is 28.8 Å². The van der Waals surface area contributed by atoms with E-state index in [1.165, 1.54) is 0 Å². The van der Waals surface area contributed by atoms with E-state index in [1.54, 1.807) is 7.11 Å². The van der Waals surface area contributed by atoms with E-state index in [0.29, 0.717) is 23.9 Å². The fourth-order valence-corrected chi connectivity index (χ4v) is 1.38. The van der Waals surface area contributed by atoms with E-state index in [2.05, 4.69) is 0 Å². The summed E-state index contributed by atoms with van der Waals surface area (Å²) in [6.45, 7) is 2.84. The zero-order chi connectivity index (χ0) is 11.3. The van der Waals surface area contributed by atoms with Gasteiger partial charge in [0.25, 0.3) is 0 Å². The second kappa shape index (κ2) is 5.95. The molecule has 4 heteroatoms. The summed E-state index contributed by atoms with van der Waals surface area (Å²) < 4.78 is 10.6. The van der Waals surface area contributed by atoms with E-state index in [9.17, 15) is 0 Å². The summed E-state index contributed by atoms with van der Waals surface area (Å²) in [5.74, 6) is 0.657. The summed E-state index contributed by atoms with van der Waals surface area (Å²) in [6, 6.07) is 5.64. The number of hydrogen-bond acceptors (Lipinski definition) is 3. The molecular formula is C11H16ClNO2. The smallest absolute Gasteiger partial charge is 0.138 e. The first kappa shape index (κ1) is 12.3. The van der Waals surface area contributed by atoms with E-state index >= 15 is 0 Å². The van der Waals surface area contributed by atoms with Crippen molar-refractivity contribution in [2.75, 3.05) is 20.3 Å². The second-order valence-electron chi connectivity index (χ2n) is 3.36. The third-order valence-corrected chi connectivity index (χ3v) is 2.31. The highest BCUT2D eigenvalue weighted by atomic mass is 35.5. The number of nitrogens with two attached hydrogens (primary N) is 1. The Kier molecular flexibility index (Phi) is 4.88. The maximum Gasteiger partial charge on any atom is 0.138 e. The van der Waals surface area contributed by atoms with Crippen molar-refractivity contribution in [3.8, 4) is 5.75 Å². The Morgan fingerprint density at radius 2 is 2.20 bits per heavy atom. The van der Waals surface area contributed by atoms with Gasteiger partial charge in [0, 0.05) is 13.7 Å². The SMILES string of the molecule is COCC(CN)Oc1cc(C)ccc1Cl. The Bertz CT molecular complexity index is 317. The van der Waals surface area contributed by atoms with Crippen molar-refractivity contribution in [1.82, 2.24) is 0 Å². The van der Waals surface area contributed by atoms with E-state index < -0.39 is 0 Å². The maximum atomic E-state index is 5.99. The van der Waals surface area contributed by atoms with Gasteiger partial charge in [-0.25, -0.2) is 0 Å². The summed E-state index contributed by atoms with van der Waals surface area (Å²) in [7, 11) is 1.61. The minimum atomic E-state index is -0.158. The maximum absolute atomic E-state index is 5.99. The van der Waals surface area contributed by atoms with Crippen molar-refractivity contribution in [2.45, 2.75) is 13.0 Å². The highest BCUT2D eigenvalue weighted by molar-refractivity contribution is 6.32. The first-order valence-corrected chi connectivity index (χ1v) is 5.17. The number of rotatable bonds is 5. The van der Waals surface area contributed by atoms with E-state index in [1.807, 2.05) is 25.1 Å². The van der Waals surface area contributed by atoms with Crippen LogP contribution in [0.25, 0.3) is 0 Å². The lowest BCUT2D eigenvalue weighted by molar-refractivity contribution is 0.0861. The molecule has 0 bridgehead atoms. The van der Waals surface area contributed by atoms with Gasteiger partial charge in [0.05, 0.1) is 11.6 Å². The van der Waals surface area contributed by atoms with Gasteiger partial charge in [-0.3, -0.25) is 0 Å². The fraction of sp³-hybridized carbons (Fsp3) is 0.455. The van der Waals surface area contributed by atoms with Gasteiger partial charge in [0.15, 0.2) is 0 Å². The topological polar surface area (TPSA) is 44.5 Å². The molecule has 3 nitrogen and oxygen atoms in total. The first-order valence-electron chi connectivity index (χ1n) is 4.79. The molecule has 0 aliphatic rings. The number of ether oxygens (including phenoxy) is 2. The van der Waals surface area contributed by atoms with Crippen LogP contribution in [0.3, 0.4) is 0 Å². The number of benzene rings is 1. The van der Waals surface area contributed by atoms with Crippen LogP contribution >= 0.6 is 11.6 Å². The molecule has 1 rings (SSSR count). The lowest BCUT2D eigenvalue weighted by atomic mass is 10.2. The first-order chi connectivity index (χ1) is 7.17. The predicted molar refractivity (Wildman–Crippen MR) is 61.5 cm³/mol. The third-order valence-electron chi connectivity index (χ3n) is 2.00. The predicted octanol–water partition coefficient (Wildman–Crippen LogP) is 2.00. The second-order valence-corrected chi connectivity index (χ2v) is 3.77. The highest BCUT2D eigenvalue weighted by Gasteiger charge is 2.10. The zero-order valence-corrected chi connectivity index (χ0v) is 9.75. The van der Waals surface area contributed by atoms with Gasteiger partial charge in [0.1, 0.15) is 11.9 Å². The standard InChI is InChI=1S/C11H16ClNO2/c1-8-3-4-10(12)11(5-8)15-9(6-13)7-14-2/h3-5,9H,6-7,13H2,1-2H3. The van der Waals surface area contributed by atoms with Crippen LogP contribution in [0, 0.1) is 6.92 Å². The molecule has 0 aliphatic carbocycles. The van der Waals surface area contributed by atoms with Crippen molar-refractivity contribution >= 4 is 11.6 Å². The molecule has 2 N–H and O–H groups in total. The molecule has 84 valence electrons. The van der Waals surface area contributed by atoms with Gasteiger partial charge in [-0.15, -0.1) is 0 Å². The molecule has 0 saturated carbocycles. The minimum absolute atomic E-state index is 0.158. The number of hydrogen-bond donors (Lipinski definition) is 1. The van der Waals surface area contributed by atoms with Crippen LogP contribution in [0.1, 0.15) is 5.56 Å². The van der Waals surface area contributed by atoms with Gasteiger partial charge in [-0.1, -0.05) is 17.7 Å². The number of methoxy groups -OCH3 is 1. The summed E-state index contributed by atoms with van der Waals surface area (Å²) in [4.78, 5) is 0. The Hall–Kier alpha value is -0.770. The highest BCUT2D eigenvalue weighted by Crippen LogP contribution is 2.26. The van der Waals surface area contributed by atoms with Crippen LogP contribution in [0.4, 0.5) is 0 Å². The molecule has 15 heavy (non-hydrogen) atoms. The van der Waals surface area contributed by atoms with E-state index in [-0.39, 0.29) is 6.10 Å². The third kappa shape index (κ3) is 3.70. The van der Waals surface area contributed by atoms with Crippen molar-refractivity contribution in [3.63, 3.8) is 0 Å². The molecule has 1 aromatic rings. The molecule has 1 atom stereocenters. The summed E-state index contributed by atoms with van der Waals surface area (Å²) in [5.41, 5.74) is 6.65. The number of halogens is 1. The van der Waals surface area contributed by atoms with Crippen molar-refractivity contribution in [1.29, 1.82) is 0 Å². The number of aryl methyl sites for hydroxylation is 1. The van der Waals surface area contributed by atoms with E-state index in [0.717, 1.165) is 5.56 Å². The normalized spacial score (nSPS) is 12.5. The summed E-state index contributed by atoms with van der Waals surface area (Å²) in [6.07, 6.45) is -0.158. The minimum Gasteiger partial charge on any atom is -0.485 e. The fourth-order valence-electron chi connectivity index (χ4n) is 1.22. The van der Waals surface area contributed by atoms with Crippen LogP contribution < -0.4 is 10.5 Å². The molecule has 0 spiro atoms. The van der Waals surface area contributed by atoms with Crippen LogP contribution in [0.2, 0.25) is 5.02 Å². The Labute approximate surface area is 95.1 Å². The van der Waals surface area contributed by atoms with Gasteiger partial charge < -0.3 is 15.2 Å². The quantitative estimate of drug-likeness (QED) is 0.840. The Balaban J connectivity index is 2.73. The van der Waals surface area contributed by atoms with Crippen molar-refractivity contribution in [2.24, 2.45) is 5.73 Å². The van der Waals surface area contributed by atoms with Crippen LogP contribution in [-0.4, -0.2) is 26.4 Å². The Morgan fingerprint density at radius 3 is 2.80 bits per heavy atom. The monoisotopic (exact) mass is 229 g/mol. The van der Waals surface area contributed by atoms with Gasteiger partial charge in [0.2, 0.25) is 0 Å². The lowest BCUT2D eigenvalue weighted by Gasteiger charge is -2.17. The molecule has 0 radical (unpaired) electrons. The van der Waals surface area contributed by atoms with Crippen LogP contribution in [0.5, 0.6) is 5.75 Å². The summed E-state index contributed by atoms with van der Waals surface area (Å²) in [5, 5.41) is 0.593. The van der Waals surface area contributed by atoms with E-state index in [4.69, 9.17) is 26.8 Å².